The predicted molar refractivity (Wildman–Crippen MR) is 115 cm³/mol. The molecule has 30 heavy (non-hydrogen) atoms. The summed E-state index contributed by atoms with van der Waals surface area (Å²) in [5.74, 6) is 2.21. The monoisotopic (exact) mass is 413 g/mol. The van der Waals surface area contributed by atoms with Crippen LogP contribution < -0.4 is 20.0 Å². The summed E-state index contributed by atoms with van der Waals surface area (Å²) in [4.78, 5) is 18.0. The molecule has 0 amide bonds. The van der Waals surface area contributed by atoms with E-state index in [4.69, 9.17) is 9.47 Å². The molecule has 0 atom stereocenters. The highest BCUT2D eigenvalue weighted by Gasteiger charge is 2.21. The molecule has 2 aliphatic rings. The first-order valence-corrected chi connectivity index (χ1v) is 10.3. The highest BCUT2D eigenvalue weighted by Crippen LogP contribution is 2.26. The number of aromatic hydroxyl groups is 1. The highest BCUT2D eigenvalue weighted by atomic mass is 16.5. The lowest BCUT2D eigenvalue weighted by Gasteiger charge is -2.27. The zero-order valence-electron chi connectivity index (χ0n) is 17.1. The van der Waals surface area contributed by atoms with Crippen LogP contribution in [0.3, 0.4) is 0 Å². The molecule has 1 aromatic heterocycles. The van der Waals surface area contributed by atoms with Crippen molar-refractivity contribution in [2.75, 3.05) is 61.2 Å². The van der Waals surface area contributed by atoms with E-state index >= 15 is 0 Å². The number of hydrazone groups is 1. The lowest BCUT2D eigenvalue weighted by molar-refractivity contribution is 0.122. The molecule has 2 saturated heterocycles. The van der Waals surface area contributed by atoms with Crippen LogP contribution in [-0.2, 0) is 4.74 Å². The molecule has 4 rings (SSSR count). The van der Waals surface area contributed by atoms with Crippen molar-refractivity contribution in [1.82, 2.24) is 15.0 Å². The van der Waals surface area contributed by atoms with Gasteiger partial charge in [0.15, 0.2) is 11.5 Å². The zero-order chi connectivity index (χ0) is 20.8. The number of anilines is 3. The molecule has 0 aliphatic carbocycles. The summed E-state index contributed by atoms with van der Waals surface area (Å²) >= 11 is 0. The zero-order valence-corrected chi connectivity index (χ0v) is 17.1. The molecule has 0 radical (unpaired) electrons. The van der Waals surface area contributed by atoms with Crippen LogP contribution in [0.2, 0.25) is 0 Å². The summed E-state index contributed by atoms with van der Waals surface area (Å²) in [6.07, 6.45) is 3.88. The largest absolute Gasteiger partial charge is 0.504 e. The Kier molecular flexibility index (Phi) is 6.43. The van der Waals surface area contributed by atoms with Gasteiger partial charge in [-0.3, -0.25) is 0 Å². The van der Waals surface area contributed by atoms with Crippen LogP contribution in [0.15, 0.2) is 23.3 Å². The predicted octanol–water partition coefficient (Wildman–Crippen LogP) is 1.86. The van der Waals surface area contributed by atoms with E-state index in [1.807, 2.05) is 13.0 Å². The maximum atomic E-state index is 10.0. The lowest BCUT2D eigenvalue weighted by Crippen LogP contribution is -2.38. The van der Waals surface area contributed by atoms with Gasteiger partial charge in [0.2, 0.25) is 17.8 Å². The fourth-order valence-electron chi connectivity index (χ4n) is 3.42. The molecule has 2 aromatic rings. The van der Waals surface area contributed by atoms with Crippen LogP contribution in [0.25, 0.3) is 0 Å². The Morgan fingerprint density at radius 2 is 1.80 bits per heavy atom. The first-order chi connectivity index (χ1) is 14.7. The Morgan fingerprint density at radius 3 is 2.47 bits per heavy atom. The SMILES string of the molecule is CCOc1ccc(/C=N/Nc2nc(N3CCCC3)nc(N3CCOCC3)n2)cc1O. The normalized spacial score (nSPS) is 17.0. The highest BCUT2D eigenvalue weighted by molar-refractivity contribution is 5.81. The van der Waals surface area contributed by atoms with E-state index in [2.05, 4.69) is 35.3 Å². The van der Waals surface area contributed by atoms with Gasteiger partial charge >= 0.3 is 0 Å². The van der Waals surface area contributed by atoms with E-state index in [0.717, 1.165) is 44.6 Å². The number of rotatable bonds is 7. The number of benzene rings is 1. The topological polar surface area (TPSA) is 108 Å². The van der Waals surface area contributed by atoms with E-state index in [-0.39, 0.29) is 5.75 Å². The smallest absolute Gasteiger partial charge is 0.250 e. The molecule has 10 heteroatoms. The molecular formula is C20H27N7O3. The summed E-state index contributed by atoms with van der Waals surface area (Å²) in [6, 6.07) is 5.13. The van der Waals surface area contributed by atoms with Crippen molar-refractivity contribution in [3.63, 3.8) is 0 Å². The summed E-state index contributed by atoms with van der Waals surface area (Å²) in [5.41, 5.74) is 3.63. The number of aromatic nitrogens is 3. The number of hydrogen-bond donors (Lipinski definition) is 2. The molecule has 160 valence electrons. The first kappa shape index (κ1) is 20.1. The molecule has 0 spiro atoms. The van der Waals surface area contributed by atoms with E-state index < -0.39 is 0 Å². The van der Waals surface area contributed by atoms with Gasteiger partial charge < -0.3 is 24.4 Å². The third-order valence-electron chi connectivity index (χ3n) is 4.96. The van der Waals surface area contributed by atoms with Crippen molar-refractivity contribution < 1.29 is 14.6 Å². The van der Waals surface area contributed by atoms with E-state index in [1.165, 1.54) is 0 Å². The van der Waals surface area contributed by atoms with Crippen LogP contribution in [0.5, 0.6) is 11.5 Å². The maximum absolute atomic E-state index is 10.0. The molecule has 2 N–H and O–H groups in total. The average molecular weight is 413 g/mol. The van der Waals surface area contributed by atoms with Gasteiger partial charge in [0.25, 0.3) is 0 Å². The molecular weight excluding hydrogens is 386 g/mol. The van der Waals surface area contributed by atoms with Gasteiger partial charge in [-0.25, -0.2) is 5.43 Å². The fraction of sp³-hybridized carbons (Fsp3) is 0.500. The summed E-state index contributed by atoms with van der Waals surface area (Å²) in [5, 5.41) is 14.3. The van der Waals surface area contributed by atoms with E-state index in [9.17, 15) is 5.11 Å². The van der Waals surface area contributed by atoms with Gasteiger partial charge in [0, 0.05) is 26.2 Å². The minimum absolute atomic E-state index is 0.0758. The van der Waals surface area contributed by atoms with Crippen LogP contribution in [0, 0.1) is 0 Å². The Balaban J connectivity index is 1.51. The second-order valence-electron chi connectivity index (χ2n) is 7.08. The van der Waals surface area contributed by atoms with Crippen molar-refractivity contribution in [2.24, 2.45) is 5.10 Å². The summed E-state index contributed by atoms with van der Waals surface area (Å²) in [7, 11) is 0. The Hall–Kier alpha value is -3.14. The number of nitrogens with one attached hydrogen (secondary N) is 1. The van der Waals surface area contributed by atoms with Crippen LogP contribution in [0.4, 0.5) is 17.8 Å². The quantitative estimate of drug-likeness (QED) is 0.519. The molecule has 3 heterocycles. The van der Waals surface area contributed by atoms with Crippen LogP contribution >= 0.6 is 0 Å². The summed E-state index contributed by atoms with van der Waals surface area (Å²) in [6.45, 7) is 7.07. The Bertz CT molecular complexity index is 881. The lowest BCUT2D eigenvalue weighted by atomic mass is 10.2. The van der Waals surface area contributed by atoms with Crippen LogP contribution in [0.1, 0.15) is 25.3 Å². The number of phenolic OH excluding ortho intramolecular Hbond substituents is 1. The van der Waals surface area contributed by atoms with Crippen molar-refractivity contribution in [2.45, 2.75) is 19.8 Å². The van der Waals surface area contributed by atoms with Gasteiger partial charge in [0.1, 0.15) is 0 Å². The molecule has 2 aliphatic heterocycles. The van der Waals surface area contributed by atoms with Gasteiger partial charge in [-0.15, -0.1) is 0 Å². The molecule has 2 fully saturated rings. The maximum Gasteiger partial charge on any atom is 0.250 e. The number of ether oxygens (including phenoxy) is 2. The fourth-order valence-corrected chi connectivity index (χ4v) is 3.42. The summed E-state index contributed by atoms with van der Waals surface area (Å²) < 4.78 is 10.8. The van der Waals surface area contributed by atoms with Gasteiger partial charge in [-0.2, -0.15) is 20.1 Å². The molecule has 0 bridgehead atoms. The number of phenols is 1. The second kappa shape index (κ2) is 9.57. The minimum atomic E-state index is 0.0758. The van der Waals surface area contributed by atoms with Gasteiger partial charge in [-0.1, -0.05) is 0 Å². The second-order valence-corrected chi connectivity index (χ2v) is 7.08. The average Bonchev–Trinajstić information content (AvgIpc) is 3.31. The number of morpholine rings is 1. The van der Waals surface area contributed by atoms with Gasteiger partial charge in [0.05, 0.1) is 26.0 Å². The Morgan fingerprint density at radius 1 is 1.10 bits per heavy atom. The molecule has 10 nitrogen and oxygen atoms in total. The van der Waals surface area contributed by atoms with Crippen molar-refractivity contribution in [3.05, 3.63) is 23.8 Å². The molecule has 1 aromatic carbocycles. The van der Waals surface area contributed by atoms with Crippen molar-refractivity contribution in [3.8, 4) is 11.5 Å². The number of hydrogen-bond acceptors (Lipinski definition) is 10. The Labute approximate surface area is 175 Å². The van der Waals surface area contributed by atoms with Crippen molar-refractivity contribution in [1.29, 1.82) is 0 Å². The van der Waals surface area contributed by atoms with Crippen LogP contribution in [-0.4, -0.2) is 72.3 Å². The van der Waals surface area contributed by atoms with Crippen molar-refractivity contribution >= 4 is 24.1 Å². The standard InChI is InChI=1S/C20H27N7O3/c1-2-30-17-6-5-15(13-16(17)28)14-21-25-18-22-19(26-7-3-4-8-26)24-20(23-18)27-9-11-29-12-10-27/h5-6,13-14,28H,2-4,7-12H2,1H3,(H,22,23,24,25)/b21-14+. The third kappa shape index (κ3) is 4.88. The van der Waals surface area contributed by atoms with Gasteiger partial charge in [-0.05, 0) is 43.5 Å². The van der Waals surface area contributed by atoms with E-state index in [1.54, 1.807) is 18.3 Å². The molecule has 0 saturated carbocycles. The molecule has 0 unspecified atom stereocenters. The first-order valence-electron chi connectivity index (χ1n) is 10.3. The van der Waals surface area contributed by atoms with E-state index in [0.29, 0.717) is 43.4 Å². The minimum Gasteiger partial charge on any atom is -0.504 e. The number of nitrogens with zero attached hydrogens (tertiary/aromatic N) is 6. The third-order valence-corrected chi connectivity index (χ3v) is 4.96.